The van der Waals surface area contributed by atoms with Crippen molar-refractivity contribution in [3.63, 3.8) is 0 Å². The average Bonchev–Trinajstić information content (AvgIpc) is 1.88. The highest BCUT2D eigenvalue weighted by Gasteiger charge is 2.09. The van der Waals surface area contributed by atoms with Gasteiger partial charge in [-0.3, -0.25) is 4.79 Å². The number of aliphatic carboxylic acids is 1. The Morgan fingerprint density at radius 2 is 1.83 bits per heavy atom. The molecule has 0 amide bonds. The van der Waals surface area contributed by atoms with E-state index in [-0.39, 0.29) is 24.8 Å². The van der Waals surface area contributed by atoms with Gasteiger partial charge in [-0.1, -0.05) is 6.42 Å². The fraction of sp³-hybridized carbons (Fsp3) is 0.833. The largest absolute Gasteiger partial charge is 0.480 e. The molecule has 76 valence electrons. The van der Waals surface area contributed by atoms with Gasteiger partial charge in [0.15, 0.2) is 0 Å². The van der Waals surface area contributed by atoms with Crippen molar-refractivity contribution in [2.24, 2.45) is 11.5 Å². The summed E-state index contributed by atoms with van der Waals surface area (Å²) < 4.78 is 0. The topological polar surface area (TPSA) is 89.3 Å². The lowest BCUT2D eigenvalue weighted by atomic mass is 11.1. The molecular formula is C6H16Cl2N2O2. The molecule has 0 aliphatic rings. The van der Waals surface area contributed by atoms with Crippen LogP contribution in [0.3, 0.4) is 0 Å². The van der Waals surface area contributed by atoms with Crippen molar-refractivity contribution in [1.82, 2.24) is 0 Å². The van der Waals surface area contributed by atoms with E-state index in [1.807, 2.05) is 0 Å². The number of nitrogens with two attached hydrogens (primary N) is 2. The Morgan fingerprint density at radius 3 is 2.17 bits per heavy atom. The van der Waals surface area contributed by atoms with E-state index < -0.39 is 12.0 Å². The van der Waals surface area contributed by atoms with E-state index in [0.717, 1.165) is 12.8 Å². The lowest BCUT2D eigenvalue weighted by Gasteiger charge is -2.03. The van der Waals surface area contributed by atoms with Crippen molar-refractivity contribution >= 4 is 30.8 Å². The lowest BCUT2D eigenvalue weighted by molar-refractivity contribution is -0.138. The summed E-state index contributed by atoms with van der Waals surface area (Å²) >= 11 is 0. The zero-order chi connectivity index (χ0) is 7.98. The van der Waals surface area contributed by atoms with Crippen molar-refractivity contribution in [2.45, 2.75) is 25.3 Å². The third-order valence-corrected chi connectivity index (χ3v) is 1.29. The van der Waals surface area contributed by atoms with Crippen LogP contribution in [0.2, 0.25) is 0 Å². The van der Waals surface area contributed by atoms with Gasteiger partial charge in [0.1, 0.15) is 6.04 Å². The maximum atomic E-state index is 10.1. The summed E-state index contributed by atoms with van der Waals surface area (Å²) in [5.74, 6) is -0.933. The van der Waals surface area contributed by atoms with Crippen LogP contribution in [-0.4, -0.2) is 23.7 Å². The van der Waals surface area contributed by atoms with E-state index in [1.165, 1.54) is 0 Å². The van der Waals surface area contributed by atoms with Crippen LogP contribution in [0.25, 0.3) is 0 Å². The van der Waals surface area contributed by atoms with Crippen molar-refractivity contribution in [2.75, 3.05) is 6.54 Å². The highest BCUT2D eigenvalue weighted by atomic mass is 35.5. The van der Waals surface area contributed by atoms with Gasteiger partial charge in [0.2, 0.25) is 0 Å². The summed E-state index contributed by atoms with van der Waals surface area (Å²) in [6, 6.07) is -0.716. The number of carboxylic acids is 1. The first-order valence-electron chi connectivity index (χ1n) is 3.37. The second-order valence-electron chi connectivity index (χ2n) is 2.23. The molecule has 0 saturated heterocycles. The summed E-state index contributed by atoms with van der Waals surface area (Å²) in [5, 5.41) is 8.33. The van der Waals surface area contributed by atoms with Crippen LogP contribution in [0.4, 0.5) is 0 Å². The summed E-state index contributed by atoms with van der Waals surface area (Å²) in [4.78, 5) is 10.1. The standard InChI is InChI=1S/C6H14N2O2.2ClH/c7-4-2-1-3-5(8)6(9)10;;/h5H,1-4,7-8H2,(H,9,10);2*1H/t5-;;/m0../s1/i1+1,2+1,3+1,4+1,5+1,6+1;;. The molecule has 5 N–H and O–H groups in total. The fourth-order valence-corrected chi connectivity index (χ4v) is 0.632. The molecular weight excluding hydrogens is 209 g/mol. The Bertz CT molecular complexity index is 114. The number of hydrogen-bond acceptors (Lipinski definition) is 3. The van der Waals surface area contributed by atoms with Gasteiger partial charge in [-0.2, -0.15) is 0 Å². The first kappa shape index (κ1) is 17.9. The van der Waals surface area contributed by atoms with Gasteiger partial charge in [0.25, 0.3) is 0 Å². The summed E-state index contributed by atoms with van der Waals surface area (Å²) in [6.07, 6.45) is 2.16. The number of hydrogen-bond donors (Lipinski definition) is 3. The molecule has 0 heterocycles. The zero-order valence-corrected chi connectivity index (χ0v) is 8.37. The Kier molecular flexibility index (Phi) is 16.4. The third-order valence-electron chi connectivity index (χ3n) is 1.29. The van der Waals surface area contributed by atoms with E-state index in [9.17, 15) is 4.79 Å². The second-order valence-corrected chi connectivity index (χ2v) is 2.23. The second kappa shape index (κ2) is 11.0. The van der Waals surface area contributed by atoms with Crippen LogP contribution in [0.5, 0.6) is 0 Å². The first-order valence-corrected chi connectivity index (χ1v) is 3.37. The minimum atomic E-state index is -0.933. The molecule has 1 atom stereocenters. The summed E-state index contributed by atoms with van der Waals surface area (Å²) in [7, 11) is 0. The quantitative estimate of drug-likeness (QED) is 0.465. The minimum absolute atomic E-state index is 0. The highest BCUT2D eigenvalue weighted by molar-refractivity contribution is 5.85. The summed E-state index contributed by atoms with van der Waals surface area (Å²) in [5.41, 5.74) is 10.4. The Balaban J connectivity index is -0.000000405. The lowest BCUT2D eigenvalue weighted by Crippen LogP contribution is -2.29. The van der Waals surface area contributed by atoms with Crippen molar-refractivity contribution in [3.05, 3.63) is 0 Å². The molecule has 0 rings (SSSR count). The number of carboxylic acid groups (broad SMARTS) is 1. The Labute approximate surface area is 84.5 Å². The smallest absolute Gasteiger partial charge is 0.320 e. The monoisotopic (exact) mass is 224 g/mol. The van der Waals surface area contributed by atoms with Crippen LogP contribution < -0.4 is 11.5 Å². The van der Waals surface area contributed by atoms with E-state index in [2.05, 4.69) is 0 Å². The molecule has 0 bridgehead atoms. The molecule has 0 aromatic carbocycles. The number of carbonyl (C=O) groups is 1. The molecule has 0 unspecified atom stereocenters. The minimum Gasteiger partial charge on any atom is -0.480 e. The van der Waals surface area contributed by atoms with Gasteiger partial charge in [0, 0.05) is 0 Å². The van der Waals surface area contributed by atoms with E-state index in [4.69, 9.17) is 16.6 Å². The Morgan fingerprint density at radius 1 is 1.33 bits per heavy atom. The average molecular weight is 225 g/mol. The van der Waals surface area contributed by atoms with Crippen molar-refractivity contribution in [1.29, 1.82) is 0 Å². The fourth-order valence-electron chi connectivity index (χ4n) is 0.632. The van der Waals surface area contributed by atoms with Crippen LogP contribution in [0.1, 0.15) is 19.3 Å². The SMILES string of the molecule is Cl.Cl.N[13CH2][13CH2][13CH2][13CH2][13C@H](N)[13C](=O)O. The van der Waals surface area contributed by atoms with Gasteiger partial charge in [-0.15, -0.1) is 24.8 Å². The van der Waals surface area contributed by atoms with Crippen LogP contribution in [0, 0.1) is 0 Å². The molecule has 0 aliphatic heterocycles. The summed E-state index contributed by atoms with van der Waals surface area (Å²) in [6.45, 7) is 0.604. The van der Waals surface area contributed by atoms with E-state index >= 15 is 0 Å². The van der Waals surface area contributed by atoms with Crippen molar-refractivity contribution < 1.29 is 9.90 Å². The molecule has 0 spiro atoms. The van der Waals surface area contributed by atoms with E-state index in [0.29, 0.717) is 13.0 Å². The van der Waals surface area contributed by atoms with E-state index in [1.54, 1.807) is 0 Å². The molecule has 12 heavy (non-hydrogen) atoms. The van der Waals surface area contributed by atoms with Crippen LogP contribution in [-0.2, 0) is 4.79 Å². The number of halogens is 2. The molecule has 0 aliphatic carbocycles. The highest BCUT2D eigenvalue weighted by Crippen LogP contribution is 1.96. The maximum Gasteiger partial charge on any atom is 0.320 e. The number of rotatable bonds is 5. The molecule has 0 aromatic heterocycles. The van der Waals surface area contributed by atoms with Gasteiger partial charge in [0.05, 0.1) is 0 Å². The van der Waals surface area contributed by atoms with Crippen LogP contribution in [0.15, 0.2) is 0 Å². The van der Waals surface area contributed by atoms with Gasteiger partial charge >= 0.3 is 5.97 Å². The normalized spacial score (nSPS) is 10.8. The molecule has 6 heteroatoms. The maximum absolute atomic E-state index is 10.1. The molecule has 0 aromatic rings. The zero-order valence-electron chi connectivity index (χ0n) is 6.73. The molecule has 4 nitrogen and oxygen atoms in total. The predicted octanol–water partition coefficient (Wildman–Crippen LogP) is 0.371. The first-order chi connectivity index (χ1) is 4.68. The van der Waals surface area contributed by atoms with Gasteiger partial charge < -0.3 is 16.6 Å². The number of unbranched alkanes of at least 4 members (excludes halogenated alkanes) is 1. The molecule has 0 radical (unpaired) electrons. The van der Waals surface area contributed by atoms with Crippen molar-refractivity contribution in [3.8, 4) is 0 Å². The predicted molar refractivity (Wildman–Crippen MR) is 53.0 cm³/mol. The van der Waals surface area contributed by atoms with Gasteiger partial charge in [-0.05, 0) is 19.4 Å². The van der Waals surface area contributed by atoms with Gasteiger partial charge in [-0.25, -0.2) is 0 Å². The third kappa shape index (κ3) is 9.97. The van der Waals surface area contributed by atoms with Crippen LogP contribution >= 0.6 is 24.8 Å². The Hall–Kier alpha value is -0.0300. The molecule has 0 saturated carbocycles. The molecule has 0 fully saturated rings.